The fraction of sp³-hybridized carbons (Fsp3) is 0.385. The van der Waals surface area contributed by atoms with Crippen molar-refractivity contribution in [3.8, 4) is 0 Å². The minimum Gasteiger partial charge on any atom is -0.272 e. The Labute approximate surface area is 99.9 Å². The average Bonchev–Trinajstić information content (AvgIpc) is 2.68. The molecule has 0 saturated heterocycles. The summed E-state index contributed by atoms with van der Waals surface area (Å²) in [6.07, 6.45) is 3.31. The Morgan fingerprint density at radius 2 is 2.29 bits per heavy atom. The van der Waals surface area contributed by atoms with E-state index >= 15 is 0 Å². The standard InChI is InChI=1S/C13H15FN2O/c1-2-3-6-11-9-13(17)16(15-11)12-7-4-5-10(14)8-12/h4-5,7-8H,2-3,6,9H2,1H3. The van der Waals surface area contributed by atoms with Gasteiger partial charge in [0, 0.05) is 5.71 Å². The van der Waals surface area contributed by atoms with Crippen LogP contribution in [0.25, 0.3) is 0 Å². The quantitative estimate of drug-likeness (QED) is 0.787. The minimum absolute atomic E-state index is 0.0818. The number of benzene rings is 1. The number of carbonyl (C=O) groups is 1. The number of anilines is 1. The minimum atomic E-state index is -0.354. The van der Waals surface area contributed by atoms with Gasteiger partial charge in [0.1, 0.15) is 5.82 Å². The van der Waals surface area contributed by atoms with Crippen LogP contribution in [0.2, 0.25) is 0 Å². The molecule has 1 aromatic rings. The first-order valence-corrected chi connectivity index (χ1v) is 5.85. The van der Waals surface area contributed by atoms with Gasteiger partial charge in [-0.25, -0.2) is 9.40 Å². The Kier molecular flexibility index (Phi) is 3.52. The highest BCUT2D eigenvalue weighted by molar-refractivity contribution is 6.12. The van der Waals surface area contributed by atoms with Crippen molar-refractivity contribution in [3.63, 3.8) is 0 Å². The number of hydrazone groups is 1. The van der Waals surface area contributed by atoms with Crippen molar-refractivity contribution in [1.29, 1.82) is 0 Å². The number of nitrogens with zero attached hydrogens (tertiary/aromatic N) is 2. The monoisotopic (exact) mass is 234 g/mol. The van der Waals surface area contributed by atoms with Crippen LogP contribution in [0, 0.1) is 5.82 Å². The molecule has 0 bridgehead atoms. The number of hydrogen-bond acceptors (Lipinski definition) is 2. The number of carbonyl (C=O) groups excluding carboxylic acids is 1. The molecule has 1 amide bonds. The number of rotatable bonds is 4. The molecule has 1 heterocycles. The maximum atomic E-state index is 13.1. The first-order chi connectivity index (χ1) is 8.20. The SMILES string of the molecule is CCCCC1=NN(c2cccc(F)c2)C(=O)C1. The van der Waals surface area contributed by atoms with E-state index in [0.29, 0.717) is 12.1 Å². The second-order valence-corrected chi connectivity index (χ2v) is 4.13. The number of amides is 1. The molecule has 1 aliphatic heterocycles. The van der Waals surface area contributed by atoms with Crippen LogP contribution in [-0.4, -0.2) is 11.6 Å². The highest BCUT2D eigenvalue weighted by Gasteiger charge is 2.24. The molecule has 0 unspecified atom stereocenters. The van der Waals surface area contributed by atoms with Crippen LogP contribution in [0.5, 0.6) is 0 Å². The molecule has 3 nitrogen and oxygen atoms in total. The van der Waals surface area contributed by atoms with Gasteiger partial charge >= 0.3 is 0 Å². The molecule has 90 valence electrons. The Hall–Kier alpha value is -1.71. The maximum absolute atomic E-state index is 13.1. The Balaban J connectivity index is 2.16. The molecule has 1 aromatic carbocycles. The van der Waals surface area contributed by atoms with Gasteiger partial charge in [0.25, 0.3) is 5.91 Å². The number of hydrogen-bond donors (Lipinski definition) is 0. The van der Waals surface area contributed by atoms with E-state index < -0.39 is 0 Å². The summed E-state index contributed by atoms with van der Waals surface area (Å²) in [5.41, 5.74) is 1.39. The molecular weight excluding hydrogens is 219 g/mol. The highest BCUT2D eigenvalue weighted by Crippen LogP contribution is 2.22. The zero-order chi connectivity index (χ0) is 12.3. The van der Waals surface area contributed by atoms with Crippen LogP contribution < -0.4 is 5.01 Å². The molecule has 17 heavy (non-hydrogen) atoms. The third-order valence-corrected chi connectivity index (χ3v) is 2.70. The van der Waals surface area contributed by atoms with Crippen LogP contribution in [0.1, 0.15) is 32.6 Å². The van der Waals surface area contributed by atoms with Crippen molar-refractivity contribution >= 4 is 17.3 Å². The molecule has 0 saturated carbocycles. The van der Waals surface area contributed by atoms with E-state index in [1.54, 1.807) is 12.1 Å². The summed E-state index contributed by atoms with van der Waals surface area (Å²) < 4.78 is 13.1. The molecule has 0 fully saturated rings. The molecule has 0 atom stereocenters. The summed E-state index contributed by atoms with van der Waals surface area (Å²) in [5.74, 6) is -0.436. The zero-order valence-electron chi connectivity index (χ0n) is 9.82. The molecule has 0 aromatic heterocycles. The van der Waals surface area contributed by atoms with Gasteiger partial charge in [-0.3, -0.25) is 4.79 Å². The zero-order valence-corrected chi connectivity index (χ0v) is 9.82. The Morgan fingerprint density at radius 3 is 3.00 bits per heavy atom. The normalized spacial score (nSPS) is 15.3. The lowest BCUT2D eigenvalue weighted by atomic mass is 10.1. The third kappa shape index (κ3) is 2.70. The average molecular weight is 234 g/mol. The van der Waals surface area contributed by atoms with Gasteiger partial charge in [-0.2, -0.15) is 5.10 Å². The van der Waals surface area contributed by atoms with Crippen LogP contribution in [0.15, 0.2) is 29.4 Å². The van der Waals surface area contributed by atoms with E-state index in [9.17, 15) is 9.18 Å². The van der Waals surface area contributed by atoms with Crippen molar-refractivity contribution in [2.24, 2.45) is 5.10 Å². The van der Waals surface area contributed by atoms with E-state index in [-0.39, 0.29) is 11.7 Å². The molecular formula is C13H15FN2O. The van der Waals surface area contributed by atoms with Gasteiger partial charge in [-0.05, 0) is 31.0 Å². The predicted octanol–water partition coefficient (Wildman–Crippen LogP) is 3.11. The second-order valence-electron chi connectivity index (χ2n) is 4.13. The van der Waals surface area contributed by atoms with Crippen molar-refractivity contribution in [3.05, 3.63) is 30.1 Å². The summed E-state index contributed by atoms with van der Waals surface area (Å²) in [6.45, 7) is 2.10. The van der Waals surface area contributed by atoms with Gasteiger partial charge in [-0.15, -0.1) is 0 Å². The number of halogens is 1. The lowest BCUT2D eigenvalue weighted by molar-refractivity contribution is -0.116. The van der Waals surface area contributed by atoms with Crippen molar-refractivity contribution in [2.45, 2.75) is 32.6 Å². The van der Waals surface area contributed by atoms with Gasteiger partial charge in [0.05, 0.1) is 12.1 Å². The lowest BCUT2D eigenvalue weighted by Crippen LogP contribution is -2.19. The first kappa shape index (κ1) is 11.8. The smallest absolute Gasteiger partial charge is 0.253 e. The summed E-state index contributed by atoms with van der Waals surface area (Å²) in [5, 5.41) is 5.55. The molecule has 4 heteroatoms. The molecule has 2 rings (SSSR count). The number of unbranched alkanes of at least 4 members (excludes halogenated alkanes) is 1. The highest BCUT2D eigenvalue weighted by atomic mass is 19.1. The van der Waals surface area contributed by atoms with Crippen LogP contribution in [0.3, 0.4) is 0 Å². The third-order valence-electron chi connectivity index (χ3n) is 2.70. The van der Waals surface area contributed by atoms with Crippen LogP contribution in [-0.2, 0) is 4.79 Å². The van der Waals surface area contributed by atoms with Gasteiger partial charge in [0.15, 0.2) is 0 Å². The largest absolute Gasteiger partial charge is 0.272 e. The second kappa shape index (κ2) is 5.08. The van der Waals surface area contributed by atoms with E-state index in [1.165, 1.54) is 17.1 Å². The molecule has 0 N–H and O–H groups in total. The van der Waals surface area contributed by atoms with Crippen LogP contribution in [0.4, 0.5) is 10.1 Å². The van der Waals surface area contributed by atoms with Crippen molar-refractivity contribution in [1.82, 2.24) is 0 Å². The van der Waals surface area contributed by atoms with E-state index in [1.807, 2.05) is 0 Å². The Morgan fingerprint density at radius 1 is 1.47 bits per heavy atom. The molecule has 0 aliphatic carbocycles. The summed E-state index contributed by atoms with van der Waals surface area (Å²) in [7, 11) is 0. The van der Waals surface area contributed by atoms with Crippen LogP contribution >= 0.6 is 0 Å². The molecule has 1 aliphatic rings. The van der Waals surface area contributed by atoms with E-state index in [4.69, 9.17) is 0 Å². The predicted molar refractivity (Wildman–Crippen MR) is 65.5 cm³/mol. The lowest BCUT2D eigenvalue weighted by Gasteiger charge is -2.11. The van der Waals surface area contributed by atoms with Gasteiger partial charge in [-0.1, -0.05) is 19.4 Å². The topological polar surface area (TPSA) is 32.7 Å². The molecule has 0 radical (unpaired) electrons. The first-order valence-electron chi connectivity index (χ1n) is 5.85. The Bertz CT molecular complexity index is 456. The van der Waals surface area contributed by atoms with Gasteiger partial charge in [0.2, 0.25) is 0 Å². The summed E-state index contributed by atoms with van der Waals surface area (Å²) in [4.78, 5) is 11.7. The van der Waals surface area contributed by atoms with E-state index in [2.05, 4.69) is 12.0 Å². The molecule has 0 spiro atoms. The fourth-order valence-electron chi connectivity index (χ4n) is 1.81. The maximum Gasteiger partial charge on any atom is 0.253 e. The summed E-state index contributed by atoms with van der Waals surface area (Å²) in [6, 6.07) is 5.95. The fourth-order valence-corrected chi connectivity index (χ4v) is 1.81. The van der Waals surface area contributed by atoms with Gasteiger partial charge < -0.3 is 0 Å². The van der Waals surface area contributed by atoms with E-state index in [0.717, 1.165) is 25.0 Å². The summed E-state index contributed by atoms with van der Waals surface area (Å²) >= 11 is 0. The van der Waals surface area contributed by atoms with Crippen molar-refractivity contribution in [2.75, 3.05) is 5.01 Å². The van der Waals surface area contributed by atoms with Crippen molar-refractivity contribution < 1.29 is 9.18 Å².